The molecule has 0 aliphatic heterocycles. The van der Waals surface area contributed by atoms with Crippen LogP contribution in [0.25, 0.3) is 0 Å². The summed E-state index contributed by atoms with van der Waals surface area (Å²) in [6, 6.07) is 0. The maximum Gasteiger partial charge on any atom is 0.0173 e. The lowest BCUT2D eigenvalue weighted by Gasteiger charge is -2.35. The molecular weight excluding hydrogens is 140 g/mol. The van der Waals surface area contributed by atoms with Gasteiger partial charge in [-0.3, -0.25) is 0 Å². The fourth-order valence-electron chi connectivity index (χ4n) is 1.48. The molecule has 0 radical (unpaired) electrons. The largest absolute Gasteiger partial charge is 0.172 e. The highest BCUT2D eigenvalue weighted by atomic mass is 32.1. The van der Waals surface area contributed by atoms with Crippen molar-refractivity contribution in [3.63, 3.8) is 0 Å². The summed E-state index contributed by atoms with van der Waals surface area (Å²) >= 11 is 4.71. The molecule has 0 bridgehead atoms. The highest BCUT2D eigenvalue weighted by molar-refractivity contribution is 7.81. The minimum absolute atomic E-state index is 0.236. The third kappa shape index (κ3) is 1.91. The van der Waals surface area contributed by atoms with E-state index in [0.717, 1.165) is 6.42 Å². The van der Waals surface area contributed by atoms with Crippen LogP contribution in [0.5, 0.6) is 0 Å². The van der Waals surface area contributed by atoms with E-state index in [9.17, 15) is 0 Å². The van der Waals surface area contributed by atoms with Crippen LogP contribution in [0.2, 0.25) is 0 Å². The summed E-state index contributed by atoms with van der Waals surface area (Å²) in [6.45, 7) is 11.2. The molecule has 0 unspecified atom stereocenters. The first-order valence-electron chi connectivity index (χ1n) is 4.17. The molecule has 0 N–H and O–H groups in total. The van der Waals surface area contributed by atoms with E-state index in [4.69, 9.17) is 12.6 Å². The van der Waals surface area contributed by atoms with Crippen molar-refractivity contribution in [2.45, 2.75) is 45.8 Å². The molecule has 0 spiro atoms. The van der Waals surface area contributed by atoms with Crippen LogP contribution in [0.3, 0.4) is 0 Å². The van der Waals surface area contributed by atoms with Gasteiger partial charge >= 0.3 is 0 Å². The van der Waals surface area contributed by atoms with Gasteiger partial charge in [-0.2, -0.15) is 12.6 Å². The van der Waals surface area contributed by atoms with Gasteiger partial charge in [0.05, 0.1) is 0 Å². The van der Waals surface area contributed by atoms with Gasteiger partial charge in [-0.25, -0.2) is 0 Å². The molecule has 0 aliphatic rings. The molecule has 10 heavy (non-hydrogen) atoms. The Kier molecular flexibility index (Phi) is 3.79. The SMILES string of the molecule is CCC(S)(C(C)C)C(C)C. The van der Waals surface area contributed by atoms with Crippen LogP contribution in [0.1, 0.15) is 41.0 Å². The van der Waals surface area contributed by atoms with Crippen LogP contribution in [-0.4, -0.2) is 4.75 Å². The minimum Gasteiger partial charge on any atom is -0.172 e. The lowest BCUT2D eigenvalue weighted by Crippen LogP contribution is -2.33. The minimum atomic E-state index is 0.236. The number of thiol groups is 1. The zero-order valence-corrected chi connectivity index (χ0v) is 8.70. The van der Waals surface area contributed by atoms with Crippen molar-refractivity contribution in [1.29, 1.82) is 0 Å². The molecule has 0 aromatic heterocycles. The van der Waals surface area contributed by atoms with Gasteiger partial charge in [0.2, 0.25) is 0 Å². The van der Waals surface area contributed by atoms with E-state index in [-0.39, 0.29) is 4.75 Å². The van der Waals surface area contributed by atoms with E-state index in [0.29, 0.717) is 11.8 Å². The van der Waals surface area contributed by atoms with E-state index in [1.807, 2.05) is 0 Å². The second-order valence-corrected chi connectivity index (χ2v) is 4.49. The summed E-state index contributed by atoms with van der Waals surface area (Å²) in [5, 5.41) is 0. The molecule has 0 aromatic carbocycles. The summed E-state index contributed by atoms with van der Waals surface area (Å²) in [6.07, 6.45) is 1.16. The molecule has 0 aromatic rings. The van der Waals surface area contributed by atoms with Crippen molar-refractivity contribution in [3.05, 3.63) is 0 Å². The van der Waals surface area contributed by atoms with Gasteiger partial charge in [0.15, 0.2) is 0 Å². The number of rotatable bonds is 3. The van der Waals surface area contributed by atoms with Crippen LogP contribution in [0.15, 0.2) is 0 Å². The van der Waals surface area contributed by atoms with Crippen molar-refractivity contribution in [3.8, 4) is 0 Å². The Morgan fingerprint density at radius 3 is 1.40 bits per heavy atom. The molecule has 62 valence electrons. The maximum absolute atomic E-state index is 4.71. The molecule has 0 saturated carbocycles. The second-order valence-electron chi connectivity index (χ2n) is 3.65. The van der Waals surface area contributed by atoms with E-state index in [1.165, 1.54) is 0 Å². The topological polar surface area (TPSA) is 0 Å². The van der Waals surface area contributed by atoms with Crippen LogP contribution in [-0.2, 0) is 0 Å². The van der Waals surface area contributed by atoms with Gasteiger partial charge in [-0.1, -0.05) is 34.6 Å². The zero-order chi connectivity index (χ0) is 8.36. The van der Waals surface area contributed by atoms with E-state index in [2.05, 4.69) is 34.6 Å². The molecular formula is C9H20S. The normalized spacial score (nSPS) is 13.2. The molecule has 0 heterocycles. The van der Waals surface area contributed by atoms with Crippen molar-refractivity contribution < 1.29 is 0 Å². The molecule has 0 amide bonds. The molecule has 0 aliphatic carbocycles. The summed E-state index contributed by atoms with van der Waals surface area (Å²) in [5.74, 6) is 1.33. The Morgan fingerprint density at radius 1 is 1.10 bits per heavy atom. The fourth-order valence-corrected chi connectivity index (χ4v) is 1.48. The lowest BCUT2D eigenvalue weighted by atomic mass is 9.82. The molecule has 0 rings (SSSR count). The highest BCUT2D eigenvalue weighted by Gasteiger charge is 2.30. The van der Waals surface area contributed by atoms with Gasteiger partial charge in [0, 0.05) is 4.75 Å². The molecule has 1 heteroatoms. The van der Waals surface area contributed by atoms with Gasteiger partial charge in [0.1, 0.15) is 0 Å². The van der Waals surface area contributed by atoms with E-state index in [1.54, 1.807) is 0 Å². The van der Waals surface area contributed by atoms with Gasteiger partial charge in [-0.05, 0) is 18.3 Å². The predicted octanol–water partition coefficient (Wildman–Crippen LogP) is 3.38. The molecule has 0 fully saturated rings. The smallest absolute Gasteiger partial charge is 0.0173 e. The van der Waals surface area contributed by atoms with Crippen molar-refractivity contribution in [2.75, 3.05) is 0 Å². The molecule has 0 nitrogen and oxygen atoms in total. The highest BCUT2D eigenvalue weighted by Crippen LogP contribution is 2.35. The number of hydrogen-bond acceptors (Lipinski definition) is 1. The average Bonchev–Trinajstić information content (AvgIpc) is 1.85. The molecule has 0 saturated heterocycles. The van der Waals surface area contributed by atoms with Crippen molar-refractivity contribution >= 4 is 12.6 Å². The third-order valence-corrected chi connectivity index (χ3v) is 3.91. The summed E-state index contributed by atoms with van der Waals surface area (Å²) in [7, 11) is 0. The Morgan fingerprint density at radius 2 is 1.40 bits per heavy atom. The van der Waals surface area contributed by atoms with Crippen LogP contribution in [0.4, 0.5) is 0 Å². The zero-order valence-electron chi connectivity index (χ0n) is 7.81. The first-order valence-corrected chi connectivity index (χ1v) is 4.62. The fraction of sp³-hybridized carbons (Fsp3) is 1.00. The Labute approximate surface area is 70.8 Å². The first-order chi connectivity index (χ1) is 4.45. The lowest BCUT2D eigenvalue weighted by molar-refractivity contribution is 0.328. The standard InChI is InChI=1S/C9H20S/c1-6-9(10,7(2)3)8(4)5/h7-8,10H,6H2,1-5H3. The van der Waals surface area contributed by atoms with Crippen molar-refractivity contribution in [2.24, 2.45) is 11.8 Å². The summed E-state index contributed by atoms with van der Waals surface area (Å²) < 4.78 is 0.236. The van der Waals surface area contributed by atoms with E-state index >= 15 is 0 Å². The summed E-state index contributed by atoms with van der Waals surface area (Å²) in [4.78, 5) is 0. The van der Waals surface area contributed by atoms with Crippen molar-refractivity contribution in [1.82, 2.24) is 0 Å². The third-order valence-electron chi connectivity index (χ3n) is 2.57. The monoisotopic (exact) mass is 160 g/mol. The number of hydrogen-bond donors (Lipinski definition) is 1. The van der Waals surface area contributed by atoms with Crippen LogP contribution in [0, 0.1) is 11.8 Å². The van der Waals surface area contributed by atoms with E-state index < -0.39 is 0 Å². The Bertz CT molecular complexity index is 86.9. The Hall–Kier alpha value is 0.350. The van der Waals surface area contributed by atoms with Gasteiger partial charge in [0.25, 0.3) is 0 Å². The second kappa shape index (κ2) is 3.66. The first kappa shape index (κ1) is 10.3. The Balaban J connectivity index is 4.23. The van der Waals surface area contributed by atoms with Crippen LogP contribution >= 0.6 is 12.6 Å². The quantitative estimate of drug-likeness (QED) is 0.601. The summed E-state index contributed by atoms with van der Waals surface area (Å²) in [5.41, 5.74) is 0. The van der Waals surface area contributed by atoms with Crippen LogP contribution < -0.4 is 0 Å². The average molecular weight is 160 g/mol. The predicted molar refractivity (Wildman–Crippen MR) is 51.7 cm³/mol. The maximum atomic E-state index is 4.71. The van der Waals surface area contributed by atoms with Gasteiger partial charge in [-0.15, -0.1) is 0 Å². The molecule has 0 atom stereocenters. The van der Waals surface area contributed by atoms with Gasteiger partial charge < -0.3 is 0 Å².